The molecule has 0 bridgehead atoms. The summed E-state index contributed by atoms with van der Waals surface area (Å²) < 4.78 is 99.3. The largest absolute Gasteiger partial charge is 0.244 e. The molecule has 0 aliphatic carbocycles. The van der Waals surface area contributed by atoms with Crippen LogP contribution in [0.1, 0.15) is 191 Å². The minimum Gasteiger partial charge on any atom is -0.207 e. The zero-order valence-electron chi connectivity index (χ0n) is 45.3. The Morgan fingerprint density at radius 3 is 0.781 bits per heavy atom. The van der Waals surface area contributed by atoms with Crippen molar-refractivity contribution in [2.75, 3.05) is 0 Å². The van der Waals surface area contributed by atoms with Gasteiger partial charge < -0.3 is 0 Å². The highest BCUT2D eigenvalue weighted by Gasteiger charge is 2.37. The maximum atomic E-state index is 16.1. The van der Waals surface area contributed by atoms with Gasteiger partial charge in [0.2, 0.25) is 30.1 Å². The van der Waals surface area contributed by atoms with E-state index in [0.29, 0.717) is 33.4 Å². The molecule has 9 nitrogen and oxygen atoms in total. The molecule has 7 rings (SSSR count). The average Bonchev–Trinajstić information content (AvgIpc) is 3.34. The van der Waals surface area contributed by atoms with Gasteiger partial charge in [-0.15, -0.1) is 0 Å². The Morgan fingerprint density at radius 2 is 0.562 bits per heavy atom. The molecule has 390 valence electrons. The highest BCUT2D eigenvalue weighted by atomic mass is 32.2. The Morgan fingerprint density at radius 1 is 0.329 bits per heavy atom. The van der Waals surface area contributed by atoms with Crippen LogP contribution in [0.2, 0.25) is 0 Å². The second kappa shape index (κ2) is 22.5. The predicted octanol–water partition coefficient (Wildman–Crippen LogP) is 14.2. The molecule has 73 heavy (non-hydrogen) atoms. The fourth-order valence-corrected chi connectivity index (χ4v) is 15.4. The Bertz CT molecular complexity index is 3050. The van der Waals surface area contributed by atoms with Crippen LogP contribution in [-0.2, 0) is 69.3 Å². The van der Waals surface area contributed by atoms with Gasteiger partial charge in [-0.25, -0.2) is 25.3 Å². The van der Waals surface area contributed by atoms with Crippen molar-refractivity contribution in [2.24, 2.45) is 0 Å². The number of hydrogen-bond acceptors (Lipinski definition) is 6. The predicted molar refractivity (Wildman–Crippen MR) is 297 cm³/mol. The lowest BCUT2D eigenvalue weighted by Crippen LogP contribution is -2.34. The van der Waals surface area contributed by atoms with E-state index < -0.39 is 30.1 Å². The summed E-state index contributed by atoms with van der Waals surface area (Å²) in [7, 11) is -12.9. The van der Waals surface area contributed by atoms with Crippen LogP contribution in [0.5, 0.6) is 0 Å². The molecule has 0 N–H and O–H groups in total. The minimum atomic E-state index is -4.34. The summed E-state index contributed by atoms with van der Waals surface area (Å²) in [6.07, 6.45) is 0. The van der Waals surface area contributed by atoms with Crippen LogP contribution in [0.4, 0.5) is 0 Å². The topological polar surface area (TPSA) is 112 Å². The maximum Gasteiger partial charge on any atom is 0.244 e. The summed E-state index contributed by atoms with van der Waals surface area (Å²) in [6, 6.07) is 37.5. The number of nitrogens with zero attached hydrogens (tertiary/aromatic N) is 3. The fraction of sp³-hybridized carbons (Fsp3) is 0.410. The Balaban J connectivity index is 1.54. The molecule has 1 heterocycles. The molecule has 0 saturated heterocycles. The van der Waals surface area contributed by atoms with E-state index in [1.54, 1.807) is 24.3 Å². The fourth-order valence-electron chi connectivity index (χ4n) is 9.91. The lowest BCUT2D eigenvalue weighted by Gasteiger charge is -2.31. The number of sulfonamides is 3. The van der Waals surface area contributed by atoms with E-state index >= 15 is 25.3 Å². The molecule has 0 amide bonds. The van der Waals surface area contributed by atoms with Crippen LogP contribution in [0, 0.1) is 6.92 Å². The summed E-state index contributed by atoms with van der Waals surface area (Å²) in [5, 5.41) is 0. The van der Waals surface area contributed by atoms with Crippen LogP contribution in [0.25, 0.3) is 0 Å². The first-order valence-electron chi connectivity index (χ1n) is 26.0. The second-order valence-electron chi connectivity index (χ2n) is 21.9. The van der Waals surface area contributed by atoms with Crippen LogP contribution in [0.15, 0.2) is 136 Å². The maximum absolute atomic E-state index is 16.1. The number of fused-ring (bicyclic) bond motifs is 3. The second-order valence-corrected chi connectivity index (χ2v) is 27.6. The van der Waals surface area contributed by atoms with Crippen molar-refractivity contribution >= 4 is 30.1 Å². The number of aryl methyl sites for hydroxylation is 1. The molecule has 1 aliphatic rings. The van der Waals surface area contributed by atoms with Crippen LogP contribution >= 0.6 is 0 Å². The number of benzene rings is 6. The summed E-state index contributed by atoms with van der Waals surface area (Å²) in [5.41, 5.74) is 9.94. The van der Waals surface area contributed by atoms with Gasteiger partial charge in [-0.05, 0) is 121 Å². The smallest absolute Gasteiger partial charge is 0.207 e. The Hall–Kier alpha value is -4.95. The van der Waals surface area contributed by atoms with Gasteiger partial charge in [0.1, 0.15) is 0 Å². The lowest BCUT2D eigenvalue weighted by molar-refractivity contribution is 0.382. The minimum absolute atomic E-state index is 0.0808. The zero-order chi connectivity index (χ0) is 53.3. The molecule has 0 aromatic heterocycles. The summed E-state index contributed by atoms with van der Waals surface area (Å²) in [5.74, 6) is -0.209. The van der Waals surface area contributed by atoms with Crippen molar-refractivity contribution in [1.29, 1.82) is 0 Å². The average molecular weight is 1040 g/mol. The van der Waals surface area contributed by atoms with Crippen LogP contribution < -0.4 is 0 Å². The summed E-state index contributed by atoms with van der Waals surface area (Å²) in [6.45, 7) is 26.1. The number of rotatable bonds is 12. The van der Waals surface area contributed by atoms with E-state index in [9.17, 15) is 0 Å². The molecular weight excluding hydrogens is 967 g/mol. The quantitative estimate of drug-likeness (QED) is 0.121. The Labute approximate surface area is 438 Å². The first-order valence-corrected chi connectivity index (χ1v) is 30.3. The van der Waals surface area contributed by atoms with Crippen molar-refractivity contribution in [1.82, 2.24) is 12.9 Å². The molecule has 0 radical (unpaired) electrons. The molecule has 12 heteroatoms. The molecule has 0 unspecified atom stereocenters. The van der Waals surface area contributed by atoms with E-state index in [2.05, 4.69) is 27.7 Å². The number of hydrogen-bond donors (Lipinski definition) is 0. The van der Waals surface area contributed by atoms with Crippen LogP contribution in [0.3, 0.4) is 0 Å². The third-order valence-corrected chi connectivity index (χ3v) is 20.1. The van der Waals surface area contributed by atoms with Crippen molar-refractivity contribution in [3.8, 4) is 0 Å². The first kappa shape index (κ1) is 55.8. The van der Waals surface area contributed by atoms with Gasteiger partial charge in [0, 0.05) is 39.3 Å². The van der Waals surface area contributed by atoms with E-state index in [4.69, 9.17) is 0 Å². The van der Waals surface area contributed by atoms with E-state index in [1.807, 2.05) is 159 Å². The van der Waals surface area contributed by atoms with Gasteiger partial charge in [0.25, 0.3) is 0 Å². The molecule has 0 fully saturated rings. The van der Waals surface area contributed by atoms with E-state index in [1.165, 1.54) is 12.9 Å². The SMILES string of the molecule is Cc1ccc(S(=O)(=O)N2Cc3ccccc3CN(S(=O)(=O)c3c(C(C)C)cc(C(C)C)cc3C(C)C)Cc3ccccc3CN(S(=O)(=O)c3c(C(C)C)cc(C(C)C)cc3C(C)C)Cc3ccccc3C2)cc1. The highest BCUT2D eigenvalue weighted by Crippen LogP contribution is 2.41. The molecule has 0 spiro atoms. The van der Waals surface area contributed by atoms with Gasteiger partial charge in [0.05, 0.1) is 14.7 Å². The lowest BCUT2D eigenvalue weighted by atomic mass is 9.89. The molecular formula is C61H77N3O6S3. The monoisotopic (exact) mass is 1040 g/mol. The van der Waals surface area contributed by atoms with Gasteiger partial charge in [-0.3, -0.25) is 0 Å². The van der Waals surface area contributed by atoms with Crippen LogP contribution in [-0.4, -0.2) is 38.2 Å². The van der Waals surface area contributed by atoms with Gasteiger partial charge in [-0.2, -0.15) is 12.9 Å². The van der Waals surface area contributed by atoms with E-state index in [-0.39, 0.29) is 89.5 Å². The standard InChI is InChI=1S/C61H77N3O6S3/c1-40(2)53-30-56(42(5)6)60(57(31-53)43(7)8)72(67,68)63-36-49-22-16-14-20-47(49)34-62(71(65,66)55-28-26-46(13)27-29-55)35-48-21-15-17-23-50(48)37-64(39-52-25-19-18-24-51(52)38-63)73(69,70)61-58(44(9)10)32-54(41(3)4)33-59(61)45(11)12/h14-33,40-45H,34-39H2,1-13H3. The first-order chi connectivity index (χ1) is 34.3. The highest BCUT2D eigenvalue weighted by molar-refractivity contribution is 7.89. The van der Waals surface area contributed by atoms with Crippen molar-refractivity contribution in [2.45, 2.75) is 179 Å². The third-order valence-electron chi connectivity index (χ3n) is 14.4. The molecule has 0 atom stereocenters. The van der Waals surface area contributed by atoms with Crippen molar-refractivity contribution < 1.29 is 25.3 Å². The van der Waals surface area contributed by atoms with Crippen molar-refractivity contribution in [3.05, 3.63) is 194 Å². The summed E-state index contributed by atoms with van der Waals surface area (Å²) in [4.78, 5) is 0.685. The van der Waals surface area contributed by atoms with Crippen molar-refractivity contribution in [3.63, 3.8) is 0 Å². The molecule has 1 aliphatic heterocycles. The Kier molecular flexibility index (Phi) is 17.2. The molecule has 6 aromatic carbocycles. The van der Waals surface area contributed by atoms with Gasteiger partial charge in [0.15, 0.2) is 0 Å². The van der Waals surface area contributed by atoms with E-state index in [0.717, 1.165) is 38.9 Å². The third kappa shape index (κ3) is 12.0. The summed E-state index contributed by atoms with van der Waals surface area (Å²) >= 11 is 0. The van der Waals surface area contributed by atoms with Gasteiger partial charge >= 0.3 is 0 Å². The van der Waals surface area contributed by atoms with Gasteiger partial charge in [-0.1, -0.05) is 198 Å². The molecule has 6 aromatic rings. The normalized spacial score (nSPS) is 15.2. The zero-order valence-corrected chi connectivity index (χ0v) is 47.7. The molecule has 0 saturated carbocycles.